The number of para-hydroxylation sites is 2. The Balaban J connectivity index is 1.31. The molecule has 240 valence electrons. The molecule has 1 aliphatic rings. The molecule has 4 nitrogen and oxygen atoms in total. The number of allylic oxidation sites excluding steroid dienone is 1. The lowest BCUT2D eigenvalue weighted by molar-refractivity contribution is 0.664. The van der Waals surface area contributed by atoms with E-state index in [1.54, 1.807) is 0 Å². The zero-order valence-corrected chi connectivity index (χ0v) is 27.7. The van der Waals surface area contributed by atoms with Gasteiger partial charge in [0.05, 0.1) is 28.0 Å². The molecule has 4 heteroatoms. The minimum absolute atomic E-state index is 0.236. The maximum Gasteiger partial charge on any atom is 0.145 e. The van der Waals surface area contributed by atoms with Crippen molar-refractivity contribution in [2.24, 2.45) is 4.99 Å². The molecule has 0 fully saturated rings. The highest BCUT2D eigenvalue weighted by Crippen LogP contribution is 2.42. The molecular weight excluding hydrogens is 621 g/mol. The average molecular weight is 653 g/mol. The number of benzene rings is 7. The van der Waals surface area contributed by atoms with Crippen molar-refractivity contribution in [3.8, 4) is 16.9 Å². The van der Waals surface area contributed by atoms with Gasteiger partial charge in [0.25, 0.3) is 0 Å². The van der Waals surface area contributed by atoms with Crippen LogP contribution in [0.15, 0.2) is 187 Å². The molecule has 51 heavy (non-hydrogen) atoms. The quantitative estimate of drug-likeness (QED) is 0.188. The molecule has 2 aromatic heterocycles. The summed E-state index contributed by atoms with van der Waals surface area (Å²) in [5.74, 6) is 0. The average Bonchev–Trinajstić information content (AvgIpc) is 3.54. The molecule has 1 N–H and O–H groups in total. The van der Waals surface area contributed by atoms with Gasteiger partial charge in [-0.15, -0.1) is 0 Å². The van der Waals surface area contributed by atoms with E-state index in [1.165, 1.54) is 16.2 Å². The number of pyridine rings is 1. The zero-order chi connectivity index (χ0) is 33.7. The third-order valence-corrected chi connectivity index (χ3v) is 9.99. The fourth-order valence-corrected chi connectivity index (χ4v) is 7.66. The number of aliphatic imine (C=N–C) groups is 1. The molecule has 1 atom stereocenters. The van der Waals surface area contributed by atoms with E-state index in [0.717, 1.165) is 72.4 Å². The maximum atomic E-state index is 5.28. The molecule has 0 aliphatic carbocycles. The zero-order valence-electron chi connectivity index (χ0n) is 27.7. The van der Waals surface area contributed by atoms with Gasteiger partial charge in [-0.1, -0.05) is 140 Å². The largest absolute Gasteiger partial charge is 0.359 e. The van der Waals surface area contributed by atoms with Gasteiger partial charge in [0, 0.05) is 44.1 Å². The maximum absolute atomic E-state index is 5.28. The Morgan fingerprint density at radius 1 is 0.510 bits per heavy atom. The number of nitrogens with one attached hydrogen (secondary N) is 1. The lowest BCUT2D eigenvalue weighted by Crippen LogP contribution is -2.24. The van der Waals surface area contributed by atoms with E-state index in [-0.39, 0.29) is 6.17 Å². The van der Waals surface area contributed by atoms with Crippen molar-refractivity contribution in [1.82, 2.24) is 14.9 Å². The summed E-state index contributed by atoms with van der Waals surface area (Å²) < 4.78 is 2.41. The highest BCUT2D eigenvalue weighted by molar-refractivity contribution is 6.23. The number of hydrogen-bond acceptors (Lipinski definition) is 3. The third-order valence-electron chi connectivity index (χ3n) is 9.99. The van der Waals surface area contributed by atoms with Gasteiger partial charge in [-0.3, -0.25) is 4.99 Å². The third kappa shape index (κ3) is 4.92. The predicted octanol–water partition coefficient (Wildman–Crippen LogP) is 11.3. The minimum atomic E-state index is -0.236. The Morgan fingerprint density at radius 2 is 1.18 bits per heavy atom. The number of aromatic nitrogens is 2. The molecule has 0 saturated carbocycles. The molecule has 7 aromatic carbocycles. The van der Waals surface area contributed by atoms with Crippen LogP contribution in [-0.4, -0.2) is 15.3 Å². The molecule has 0 amide bonds. The van der Waals surface area contributed by atoms with Crippen molar-refractivity contribution < 1.29 is 0 Å². The first-order valence-corrected chi connectivity index (χ1v) is 17.4. The van der Waals surface area contributed by atoms with Crippen molar-refractivity contribution in [2.75, 3.05) is 0 Å². The predicted molar refractivity (Wildman–Crippen MR) is 212 cm³/mol. The Morgan fingerprint density at radius 3 is 1.94 bits per heavy atom. The molecule has 0 bridgehead atoms. The van der Waals surface area contributed by atoms with Gasteiger partial charge in [0.1, 0.15) is 6.17 Å². The van der Waals surface area contributed by atoms with Gasteiger partial charge in [0.2, 0.25) is 0 Å². The van der Waals surface area contributed by atoms with Gasteiger partial charge in [0.15, 0.2) is 0 Å². The SMILES string of the molecule is C1=C(c2cccc3c2c2cc4c(-c5ccccc5)nc5ccccc5c4cc2n3-c2ccccc2)NC(c2ccccc2)N=C1c1ccccc1. The Kier molecular flexibility index (Phi) is 6.85. The van der Waals surface area contributed by atoms with E-state index in [0.29, 0.717) is 0 Å². The first-order chi connectivity index (χ1) is 25.3. The Bertz CT molecular complexity index is 2800. The van der Waals surface area contributed by atoms with Gasteiger partial charge < -0.3 is 9.88 Å². The highest BCUT2D eigenvalue weighted by atomic mass is 15.1. The molecule has 0 spiro atoms. The van der Waals surface area contributed by atoms with Crippen LogP contribution in [0.25, 0.3) is 66.1 Å². The summed E-state index contributed by atoms with van der Waals surface area (Å²) in [6, 6.07) is 62.1. The number of fused-ring (bicyclic) bond motifs is 6. The van der Waals surface area contributed by atoms with Crippen LogP contribution in [0.3, 0.4) is 0 Å². The number of nitrogens with zero attached hydrogens (tertiary/aromatic N) is 3. The Labute approximate surface area is 295 Å². The molecular formula is C47H32N4. The molecule has 10 rings (SSSR count). The van der Waals surface area contributed by atoms with Crippen LogP contribution in [0.1, 0.15) is 22.9 Å². The summed E-state index contributed by atoms with van der Waals surface area (Å²) in [6.07, 6.45) is 1.97. The van der Waals surface area contributed by atoms with Gasteiger partial charge >= 0.3 is 0 Å². The van der Waals surface area contributed by atoms with E-state index < -0.39 is 0 Å². The fraction of sp³-hybridized carbons (Fsp3) is 0.0213. The van der Waals surface area contributed by atoms with Crippen molar-refractivity contribution in [3.05, 3.63) is 199 Å². The van der Waals surface area contributed by atoms with Gasteiger partial charge in [-0.25, -0.2) is 4.98 Å². The van der Waals surface area contributed by atoms with E-state index >= 15 is 0 Å². The lowest BCUT2D eigenvalue weighted by Gasteiger charge is -2.25. The second-order valence-corrected chi connectivity index (χ2v) is 13.0. The molecule has 1 aliphatic heterocycles. The van der Waals surface area contributed by atoms with E-state index in [2.05, 4.69) is 192 Å². The normalized spacial score (nSPS) is 14.5. The van der Waals surface area contributed by atoms with Crippen molar-refractivity contribution in [2.45, 2.75) is 6.17 Å². The minimum Gasteiger partial charge on any atom is -0.359 e. The lowest BCUT2D eigenvalue weighted by atomic mass is 9.95. The van der Waals surface area contributed by atoms with E-state index in [4.69, 9.17) is 9.98 Å². The smallest absolute Gasteiger partial charge is 0.145 e. The van der Waals surface area contributed by atoms with Crippen LogP contribution in [0.5, 0.6) is 0 Å². The fourth-order valence-electron chi connectivity index (χ4n) is 7.66. The van der Waals surface area contributed by atoms with Crippen LogP contribution in [0, 0.1) is 0 Å². The van der Waals surface area contributed by atoms with Crippen LogP contribution in [0.4, 0.5) is 0 Å². The van der Waals surface area contributed by atoms with Crippen LogP contribution in [0.2, 0.25) is 0 Å². The molecule has 3 heterocycles. The van der Waals surface area contributed by atoms with Crippen molar-refractivity contribution in [3.63, 3.8) is 0 Å². The number of rotatable bonds is 5. The summed E-state index contributed by atoms with van der Waals surface area (Å²) in [5, 5.41) is 9.67. The molecule has 9 aromatic rings. The van der Waals surface area contributed by atoms with Gasteiger partial charge in [-0.05, 0) is 59.0 Å². The summed E-state index contributed by atoms with van der Waals surface area (Å²) in [4.78, 5) is 10.5. The summed E-state index contributed by atoms with van der Waals surface area (Å²) in [7, 11) is 0. The van der Waals surface area contributed by atoms with Gasteiger partial charge in [-0.2, -0.15) is 0 Å². The van der Waals surface area contributed by atoms with E-state index in [1.807, 2.05) is 0 Å². The van der Waals surface area contributed by atoms with Crippen molar-refractivity contribution >= 4 is 54.9 Å². The molecule has 0 radical (unpaired) electrons. The monoisotopic (exact) mass is 652 g/mol. The summed E-state index contributed by atoms with van der Waals surface area (Å²) in [5.41, 5.74) is 11.8. The first-order valence-electron chi connectivity index (χ1n) is 17.4. The van der Waals surface area contributed by atoms with Crippen molar-refractivity contribution in [1.29, 1.82) is 0 Å². The molecule has 0 saturated heterocycles. The van der Waals surface area contributed by atoms with E-state index in [9.17, 15) is 0 Å². The van der Waals surface area contributed by atoms with Crippen LogP contribution in [-0.2, 0) is 0 Å². The second-order valence-electron chi connectivity index (χ2n) is 13.0. The second kappa shape index (κ2) is 12.0. The van der Waals surface area contributed by atoms with Crippen LogP contribution < -0.4 is 5.32 Å². The summed E-state index contributed by atoms with van der Waals surface area (Å²) >= 11 is 0. The highest BCUT2D eigenvalue weighted by Gasteiger charge is 2.24. The van der Waals surface area contributed by atoms with Crippen LogP contribution >= 0.6 is 0 Å². The Hall–Kier alpha value is -6.78. The number of hydrogen-bond donors (Lipinski definition) is 1. The summed E-state index contributed by atoms with van der Waals surface area (Å²) in [6.45, 7) is 0. The molecule has 1 unspecified atom stereocenters. The topological polar surface area (TPSA) is 42.2 Å². The standard InChI is InChI=1S/C47H32N4/c1-5-16-31(17-6-1)41-30-42(50-47(49-41)33-20-9-3-10-21-33)36-25-15-27-43-45(36)39-28-38-37(29-44(39)51(43)34-22-11-4-12-23-34)35-24-13-14-26-40(35)48-46(38)32-18-7-2-8-19-32/h1-30,47,50H. The first kappa shape index (κ1) is 29.2.